The molecule has 2 aromatic carbocycles. The Morgan fingerprint density at radius 2 is 1.96 bits per heavy atom. The lowest BCUT2D eigenvalue weighted by atomic mass is 10.1. The Kier molecular flexibility index (Phi) is 4.09. The average Bonchev–Trinajstić information content (AvgIpc) is 3.28. The predicted molar refractivity (Wildman–Crippen MR) is 107 cm³/mol. The molecule has 5 rings (SSSR count). The number of rotatable bonds is 3. The topological polar surface area (TPSA) is 65.7 Å². The summed E-state index contributed by atoms with van der Waals surface area (Å²) in [7, 11) is 0. The quantitative estimate of drug-likeness (QED) is 0.537. The summed E-state index contributed by atoms with van der Waals surface area (Å²) in [4.78, 5) is 17.8. The van der Waals surface area contributed by atoms with E-state index in [1.165, 1.54) is 21.4 Å². The minimum Gasteiger partial charge on any atom is -0.485 e. The summed E-state index contributed by atoms with van der Waals surface area (Å²) in [6.07, 6.45) is 2.43. The first-order valence-corrected chi connectivity index (χ1v) is 9.91. The van der Waals surface area contributed by atoms with Crippen molar-refractivity contribution in [3.8, 4) is 11.5 Å². The molecule has 140 valence electrons. The number of aromatic nitrogens is 3. The van der Waals surface area contributed by atoms with Gasteiger partial charge < -0.3 is 9.47 Å². The molecule has 1 aliphatic rings. The van der Waals surface area contributed by atoms with Gasteiger partial charge in [0, 0.05) is 0 Å². The van der Waals surface area contributed by atoms with Crippen LogP contribution >= 0.6 is 11.3 Å². The zero-order chi connectivity index (χ0) is 19.1. The standard InChI is InChI=1S/C21H17N3O3S/c1-2-13-7-9-14(10-8-13)11-18-20(25)24-21(28-18)22-19(23-24)17-12-26-15-5-3-4-6-16(15)27-17/h3-11,17H,2,12H2,1H3/b18-11-/t17-/m1/s1. The smallest absolute Gasteiger partial charge is 0.291 e. The Morgan fingerprint density at radius 1 is 1.18 bits per heavy atom. The summed E-state index contributed by atoms with van der Waals surface area (Å²) in [6.45, 7) is 2.43. The van der Waals surface area contributed by atoms with Crippen LogP contribution in [0, 0.1) is 0 Å². The molecule has 4 aromatic rings. The molecule has 0 aliphatic carbocycles. The van der Waals surface area contributed by atoms with Crippen LogP contribution in [0.15, 0.2) is 53.3 Å². The second-order valence-corrected chi connectivity index (χ2v) is 7.55. The van der Waals surface area contributed by atoms with Gasteiger partial charge in [-0.15, -0.1) is 5.10 Å². The lowest BCUT2D eigenvalue weighted by Crippen LogP contribution is -2.26. The van der Waals surface area contributed by atoms with E-state index in [1.807, 2.05) is 42.5 Å². The monoisotopic (exact) mass is 391 g/mol. The maximum atomic E-state index is 12.7. The number of fused-ring (bicyclic) bond motifs is 2. The van der Waals surface area contributed by atoms with Gasteiger partial charge in [-0.05, 0) is 35.8 Å². The molecule has 0 amide bonds. The Morgan fingerprint density at radius 3 is 2.71 bits per heavy atom. The molecule has 2 aromatic heterocycles. The maximum Gasteiger partial charge on any atom is 0.291 e. The number of benzene rings is 2. The fourth-order valence-corrected chi connectivity index (χ4v) is 4.05. The highest BCUT2D eigenvalue weighted by Gasteiger charge is 2.26. The van der Waals surface area contributed by atoms with Crippen LogP contribution in [0.4, 0.5) is 0 Å². The van der Waals surface area contributed by atoms with Crippen molar-refractivity contribution in [1.82, 2.24) is 14.6 Å². The number of nitrogens with zero attached hydrogens (tertiary/aromatic N) is 3. The van der Waals surface area contributed by atoms with Crippen LogP contribution < -0.4 is 19.6 Å². The average molecular weight is 391 g/mol. The third kappa shape index (κ3) is 2.93. The second-order valence-electron chi connectivity index (χ2n) is 6.54. The van der Waals surface area contributed by atoms with Crippen LogP contribution in [0.3, 0.4) is 0 Å². The first kappa shape index (κ1) is 16.9. The van der Waals surface area contributed by atoms with Crippen LogP contribution in [-0.2, 0) is 6.42 Å². The van der Waals surface area contributed by atoms with Gasteiger partial charge in [0.1, 0.15) is 6.61 Å². The van der Waals surface area contributed by atoms with E-state index in [1.54, 1.807) is 0 Å². The second kappa shape index (κ2) is 6.76. The van der Waals surface area contributed by atoms with Crippen LogP contribution in [-0.4, -0.2) is 21.2 Å². The van der Waals surface area contributed by atoms with E-state index >= 15 is 0 Å². The molecule has 1 aliphatic heterocycles. The highest BCUT2D eigenvalue weighted by Crippen LogP contribution is 2.35. The fourth-order valence-electron chi connectivity index (χ4n) is 3.13. The molecule has 6 nitrogen and oxygen atoms in total. The molecule has 0 spiro atoms. The predicted octanol–water partition coefficient (Wildman–Crippen LogP) is 2.77. The van der Waals surface area contributed by atoms with Gasteiger partial charge in [0.25, 0.3) is 5.56 Å². The van der Waals surface area contributed by atoms with Gasteiger partial charge in [0.2, 0.25) is 4.96 Å². The number of aryl methyl sites for hydroxylation is 1. The third-order valence-electron chi connectivity index (χ3n) is 4.68. The van der Waals surface area contributed by atoms with Crippen molar-refractivity contribution in [3.05, 3.63) is 80.4 Å². The van der Waals surface area contributed by atoms with Gasteiger partial charge in [-0.1, -0.05) is 54.7 Å². The largest absolute Gasteiger partial charge is 0.485 e. The number of hydrogen-bond acceptors (Lipinski definition) is 6. The van der Waals surface area contributed by atoms with Crippen molar-refractivity contribution in [3.63, 3.8) is 0 Å². The number of hydrogen-bond donors (Lipinski definition) is 0. The van der Waals surface area contributed by atoms with Crippen molar-refractivity contribution in [1.29, 1.82) is 0 Å². The third-order valence-corrected chi connectivity index (χ3v) is 5.64. The molecule has 0 unspecified atom stereocenters. The Bertz CT molecular complexity index is 1260. The van der Waals surface area contributed by atoms with Crippen LogP contribution in [0.25, 0.3) is 11.0 Å². The molecule has 28 heavy (non-hydrogen) atoms. The maximum absolute atomic E-state index is 12.7. The Labute approximate surface area is 164 Å². The van der Waals surface area contributed by atoms with Crippen LogP contribution in [0.5, 0.6) is 11.5 Å². The van der Waals surface area contributed by atoms with E-state index in [9.17, 15) is 4.79 Å². The van der Waals surface area contributed by atoms with Crippen LogP contribution in [0.2, 0.25) is 0 Å². The Hall–Kier alpha value is -3.19. The summed E-state index contributed by atoms with van der Waals surface area (Å²) in [5, 5.41) is 4.38. The van der Waals surface area contributed by atoms with Gasteiger partial charge >= 0.3 is 0 Å². The first-order valence-electron chi connectivity index (χ1n) is 9.10. The van der Waals surface area contributed by atoms with Gasteiger partial charge in [0.15, 0.2) is 23.4 Å². The summed E-state index contributed by atoms with van der Waals surface area (Å²) in [6, 6.07) is 15.7. The molecule has 0 saturated heterocycles. The molecule has 0 bridgehead atoms. The highest BCUT2D eigenvalue weighted by atomic mass is 32.1. The van der Waals surface area contributed by atoms with Crippen molar-refractivity contribution >= 4 is 22.4 Å². The van der Waals surface area contributed by atoms with Gasteiger partial charge in [0.05, 0.1) is 4.53 Å². The number of thiazole rings is 1. The van der Waals surface area contributed by atoms with E-state index in [0.29, 0.717) is 33.4 Å². The lowest BCUT2D eigenvalue weighted by Gasteiger charge is -2.24. The summed E-state index contributed by atoms with van der Waals surface area (Å²) >= 11 is 1.32. The van der Waals surface area contributed by atoms with Crippen molar-refractivity contribution in [2.75, 3.05) is 6.61 Å². The van der Waals surface area contributed by atoms with Crippen molar-refractivity contribution in [2.45, 2.75) is 19.4 Å². The SMILES string of the molecule is CCc1ccc(/C=c2\sc3nc([C@H]4COc5ccccc5O4)nn3c2=O)cc1. The van der Waals surface area contributed by atoms with Gasteiger partial charge in [-0.2, -0.15) is 9.50 Å². The first-order chi connectivity index (χ1) is 13.7. The molecule has 7 heteroatoms. The molecule has 0 radical (unpaired) electrons. The zero-order valence-corrected chi connectivity index (χ0v) is 16.0. The molecule has 0 fully saturated rings. The van der Waals surface area contributed by atoms with Crippen molar-refractivity contribution < 1.29 is 9.47 Å². The van der Waals surface area contributed by atoms with E-state index < -0.39 is 6.10 Å². The number of ether oxygens (including phenoxy) is 2. The normalized spacial score (nSPS) is 16.6. The molecule has 3 heterocycles. The van der Waals surface area contributed by atoms with Crippen molar-refractivity contribution in [2.24, 2.45) is 0 Å². The molecular weight excluding hydrogens is 374 g/mol. The number of para-hydroxylation sites is 2. The summed E-state index contributed by atoms with van der Waals surface area (Å²) in [5.41, 5.74) is 2.08. The molecular formula is C21H17N3O3S. The van der Waals surface area contributed by atoms with E-state index in [0.717, 1.165) is 12.0 Å². The minimum absolute atomic E-state index is 0.171. The molecule has 1 atom stereocenters. The Balaban J connectivity index is 1.47. The molecule has 0 N–H and O–H groups in total. The molecule has 0 saturated carbocycles. The van der Waals surface area contributed by atoms with Gasteiger partial charge in [-0.3, -0.25) is 4.79 Å². The summed E-state index contributed by atoms with van der Waals surface area (Å²) < 4.78 is 13.6. The van der Waals surface area contributed by atoms with E-state index in [-0.39, 0.29) is 5.56 Å². The van der Waals surface area contributed by atoms with E-state index in [2.05, 4.69) is 29.1 Å². The highest BCUT2D eigenvalue weighted by molar-refractivity contribution is 7.15. The van der Waals surface area contributed by atoms with Crippen LogP contribution in [0.1, 0.15) is 30.0 Å². The van der Waals surface area contributed by atoms with E-state index in [4.69, 9.17) is 9.47 Å². The zero-order valence-electron chi connectivity index (χ0n) is 15.2. The lowest BCUT2D eigenvalue weighted by molar-refractivity contribution is 0.0852. The van der Waals surface area contributed by atoms with Gasteiger partial charge in [-0.25, -0.2) is 0 Å². The fraction of sp³-hybridized carbons (Fsp3) is 0.190. The summed E-state index contributed by atoms with van der Waals surface area (Å²) in [5.74, 6) is 1.82. The minimum atomic E-state index is -0.435.